The number of hydrogen-bond acceptors (Lipinski definition) is 3. The molecule has 0 fully saturated rings. The van der Waals surface area contributed by atoms with Crippen molar-refractivity contribution < 1.29 is 13.5 Å². The molecule has 126 valence electrons. The van der Waals surface area contributed by atoms with Crippen LogP contribution in [0.2, 0.25) is 0 Å². The zero-order chi connectivity index (χ0) is 15.8. The van der Waals surface area contributed by atoms with E-state index in [1.807, 2.05) is 11.4 Å². The first kappa shape index (κ1) is 19.6. The molecule has 1 aromatic carbocycles. The number of aliphatic imine (C=N–C) groups is 1. The molecule has 2 N–H and O–H groups in total. The lowest BCUT2D eigenvalue weighted by atomic mass is 10.3. The van der Waals surface area contributed by atoms with E-state index < -0.39 is 11.6 Å². The summed E-state index contributed by atoms with van der Waals surface area (Å²) >= 11 is 1.64. The molecule has 0 aliphatic carbocycles. The fourth-order valence-corrected chi connectivity index (χ4v) is 2.37. The third kappa shape index (κ3) is 6.69. The first-order valence-corrected chi connectivity index (χ1v) is 7.67. The highest BCUT2D eigenvalue weighted by Gasteiger charge is 2.03. The molecular formula is C15H18F2IN3OS. The monoisotopic (exact) mass is 453 g/mol. The molecule has 1 aromatic heterocycles. The standard InChI is InChI=1S/C15H17F2N3OS.HI/c1-18-15(20-9-11-4-7-22-10-11)19-5-6-21-12-2-3-13(16)14(17)8-12;/h2-4,7-8,10H,5-6,9H2,1H3,(H2,18,19,20);1H. The van der Waals surface area contributed by atoms with Crippen LogP contribution in [0.3, 0.4) is 0 Å². The molecule has 4 nitrogen and oxygen atoms in total. The molecule has 0 bridgehead atoms. The van der Waals surface area contributed by atoms with Crippen LogP contribution in [0.5, 0.6) is 5.75 Å². The average molecular weight is 453 g/mol. The molecule has 0 unspecified atom stereocenters. The Hall–Kier alpha value is -1.42. The van der Waals surface area contributed by atoms with Gasteiger partial charge < -0.3 is 15.4 Å². The first-order chi connectivity index (χ1) is 10.7. The van der Waals surface area contributed by atoms with Gasteiger partial charge in [-0.25, -0.2) is 8.78 Å². The molecule has 0 atom stereocenters. The maximum Gasteiger partial charge on any atom is 0.191 e. The Labute approximate surface area is 155 Å². The van der Waals surface area contributed by atoms with E-state index in [1.54, 1.807) is 18.4 Å². The van der Waals surface area contributed by atoms with E-state index in [0.717, 1.165) is 12.1 Å². The summed E-state index contributed by atoms with van der Waals surface area (Å²) in [6.07, 6.45) is 0. The predicted octanol–water partition coefficient (Wildman–Crippen LogP) is 3.39. The average Bonchev–Trinajstić information content (AvgIpc) is 3.03. The fourth-order valence-electron chi connectivity index (χ4n) is 1.70. The maximum absolute atomic E-state index is 13.0. The molecule has 8 heteroatoms. The van der Waals surface area contributed by atoms with E-state index in [-0.39, 0.29) is 24.0 Å². The minimum Gasteiger partial charge on any atom is -0.492 e. The van der Waals surface area contributed by atoms with Crippen LogP contribution in [0.25, 0.3) is 0 Å². The number of guanidine groups is 1. The third-order valence-electron chi connectivity index (χ3n) is 2.82. The number of nitrogens with zero attached hydrogens (tertiary/aromatic N) is 1. The number of hydrogen-bond donors (Lipinski definition) is 2. The zero-order valence-corrected chi connectivity index (χ0v) is 15.7. The van der Waals surface area contributed by atoms with Gasteiger partial charge in [0.1, 0.15) is 12.4 Å². The zero-order valence-electron chi connectivity index (χ0n) is 12.5. The van der Waals surface area contributed by atoms with Gasteiger partial charge in [-0.2, -0.15) is 11.3 Å². The lowest BCUT2D eigenvalue weighted by Gasteiger charge is -2.12. The van der Waals surface area contributed by atoms with Gasteiger partial charge in [-0.1, -0.05) is 0 Å². The summed E-state index contributed by atoms with van der Waals surface area (Å²) in [5, 5.41) is 10.3. The van der Waals surface area contributed by atoms with Crippen LogP contribution >= 0.6 is 35.3 Å². The molecule has 0 aliphatic heterocycles. The van der Waals surface area contributed by atoms with Crippen LogP contribution in [-0.4, -0.2) is 26.2 Å². The highest BCUT2D eigenvalue weighted by molar-refractivity contribution is 14.0. The minimum atomic E-state index is -0.918. The largest absolute Gasteiger partial charge is 0.492 e. The molecule has 2 aromatic rings. The number of thiophene rings is 1. The van der Waals surface area contributed by atoms with Crippen molar-refractivity contribution in [3.05, 3.63) is 52.2 Å². The summed E-state index contributed by atoms with van der Waals surface area (Å²) in [4.78, 5) is 4.09. The highest BCUT2D eigenvalue weighted by atomic mass is 127. The second-order valence-electron chi connectivity index (χ2n) is 4.41. The second kappa shape index (κ2) is 10.4. The number of ether oxygens (including phenoxy) is 1. The summed E-state index contributed by atoms with van der Waals surface area (Å²) in [7, 11) is 1.68. The Morgan fingerprint density at radius 3 is 2.70 bits per heavy atom. The van der Waals surface area contributed by atoms with Crippen LogP contribution in [0, 0.1) is 11.6 Å². The second-order valence-corrected chi connectivity index (χ2v) is 5.19. The van der Waals surface area contributed by atoms with E-state index in [0.29, 0.717) is 31.4 Å². The summed E-state index contributed by atoms with van der Waals surface area (Å²) in [6.45, 7) is 1.49. The van der Waals surface area contributed by atoms with Gasteiger partial charge in [0.2, 0.25) is 0 Å². The quantitative estimate of drug-likeness (QED) is 0.305. The van der Waals surface area contributed by atoms with Crippen LogP contribution in [0.4, 0.5) is 8.78 Å². The Bertz CT molecular complexity index is 623. The highest BCUT2D eigenvalue weighted by Crippen LogP contribution is 2.14. The van der Waals surface area contributed by atoms with Crippen molar-refractivity contribution in [3.63, 3.8) is 0 Å². The molecule has 1 heterocycles. The Morgan fingerprint density at radius 1 is 1.22 bits per heavy atom. The maximum atomic E-state index is 13.0. The van der Waals surface area contributed by atoms with Crippen molar-refractivity contribution >= 4 is 41.3 Å². The van der Waals surface area contributed by atoms with Crippen molar-refractivity contribution in [1.29, 1.82) is 0 Å². The molecule has 23 heavy (non-hydrogen) atoms. The molecule has 0 saturated carbocycles. The SMILES string of the molecule is CN=C(NCCOc1ccc(F)c(F)c1)NCc1ccsc1.I. The summed E-state index contributed by atoms with van der Waals surface area (Å²) in [5.74, 6) is -0.857. The molecule has 2 rings (SSSR count). The van der Waals surface area contributed by atoms with E-state index in [1.165, 1.54) is 11.6 Å². The van der Waals surface area contributed by atoms with Gasteiger partial charge >= 0.3 is 0 Å². The lowest BCUT2D eigenvalue weighted by molar-refractivity contribution is 0.318. The van der Waals surface area contributed by atoms with Crippen molar-refractivity contribution in [2.75, 3.05) is 20.2 Å². The van der Waals surface area contributed by atoms with Crippen LogP contribution < -0.4 is 15.4 Å². The summed E-state index contributed by atoms with van der Waals surface area (Å²) in [6, 6.07) is 5.50. The van der Waals surface area contributed by atoms with Crippen LogP contribution in [0.1, 0.15) is 5.56 Å². The number of nitrogens with one attached hydrogen (secondary N) is 2. The molecule has 0 amide bonds. The lowest BCUT2D eigenvalue weighted by Crippen LogP contribution is -2.38. The van der Waals surface area contributed by atoms with Gasteiger partial charge in [-0.3, -0.25) is 4.99 Å². The van der Waals surface area contributed by atoms with Crippen LogP contribution in [0.15, 0.2) is 40.0 Å². The number of benzene rings is 1. The third-order valence-corrected chi connectivity index (χ3v) is 3.55. The molecule has 0 aliphatic rings. The van der Waals surface area contributed by atoms with Crippen molar-refractivity contribution in [2.24, 2.45) is 4.99 Å². The number of halogens is 3. The first-order valence-electron chi connectivity index (χ1n) is 6.72. The van der Waals surface area contributed by atoms with Crippen molar-refractivity contribution in [3.8, 4) is 5.75 Å². The van der Waals surface area contributed by atoms with E-state index in [2.05, 4.69) is 21.0 Å². The molecule has 0 saturated heterocycles. The molecular weight excluding hydrogens is 435 g/mol. The van der Waals surface area contributed by atoms with Gasteiger partial charge in [0.05, 0.1) is 6.54 Å². The topological polar surface area (TPSA) is 45.7 Å². The van der Waals surface area contributed by atoms with Gasteiger partial charge in [0.15, 0.2) is 17.6 Å². The van der Waals surface area contributed by atoms with E-state index in [9.17, 15) is 8.78 Å². The Morgan fingerprint density at radius 2 is 2.04 bits per heavy atom. The Balaban J connectivity index is 0.00000264. The van der Waals surface area contributed by atoms with Crippen molar-refractivity contribution in [2.45, 2.75) is 6.54 Å². The van der Waals surface area contributed by atoms with E-state index >= 15 is 0 Å². The predicted molar refractivity (Wildman–Crippen MR) is 99.8 cm³/mol. The summed E-state index contributed by atoms with van der Waals surface area (Å²) < 4.78 is 31.1. The Kier molecular flexibility index (Phi) is 8.85. The normalized spacial score (nSPS) is 10.8. The fraction of sp³-hybridized carbons (Fsp3) is 0.267. The summed E-state index contributed by atoms with van der Waals surface area (Å²) in [5.41, 5.74) is 1.19. The van der Waals surface area contributed by atoms with Gasteiger partial charge in [0, 0.05) is 19.7 Å². The van der Waals surface area contributed by atoms with Crippen LogP contribution in [-0.2, 0) is 6.54 Å². The molecule has 0 spiro atoms. The van der Waals surface area contributed by atoms with Gasteiger partial charge in [0.25, 0.3) is 0 Å². The van der Waals surface area contributed by atoms with Crippen molar-refractivity contribution in [1.82, 2.24) is 10.6 Å². The number of rotatable bonds is 6. The van der Waals surface area contributed by atoms with E-state index in [4.69, 9.17) is 4.74 Å². The molecule has 0 radical (unpaired) electrons. The smallest absolute Gasteiger partial charge is 0.191 e. The van der Waals surface area contributed by atoms with Gasteiger partial charge in [-0.15, -0.1) is 24.0 Å². The van der Waals surface area contributed by atoms with Gasteiger partial charge in [-0.05, 0) is 34.5 Å². The minimum absolute atomic E-state index is 0.